The van der Waals surface area contributed by atoms with Crippen LogP contribution in [0.1, 0.15) is 25.7 Å². The largest absolute Gasteiger partial charge is 0.298 e. The number of primary sulfonamides is 1. The van der Waals surface area contributed by atoms with Crippen molar-refractivity contribution < 1.29 is 13.2 Å². The van der Waals surface area contributed by atoms with Crippen LogP contribution in [-0.2, 0) is 14.8 Å². The number of fused-ring (bicyclic) bond motifs is 2. The maximum atomic E-state index is 11.3. The summed E-state index contributed by atoms with van der Waals surface area (Å²) in [5, 5.41) is 5.05. The lowest BCUT2D eigenvalue weighted by Gasteiger charge is -2.21. The Bertz CT molecular complexity index is 335. The van der Waals surface area contributed by atoms with Crippen LogP contribution in [0.5, 0.6) is 0 Å². The zero-order valence-electron chi connectivity index (χ0n) is 6.62. The van der Waals surface area contributed by atoms with E-state index in [1.54, 1.807) is 0 Å². The van der Waals surface area contributed by atoms with Crippen molar-refractivity contribution in [1.82, 2.24) is 0 Å². The number of hydrogen-bond acceptors (Lipinski definition) is 3. The van der Waals surface area contributed by atoms with Crippen molar-refractivity contribution in [3.05, 3.63) is 0 Å². The molecule has 2 fully saturated rings. The Hall–Kier alpha value is -0.420. The highest BCUT2D eigenvalue weighted by Gasteiger charge is 2.58. The molecule has 0 spiro atoms. The number of Topliss-reactive ketones (excluding diaryl/α,β-unsaturated/α-hetero) is 1. The first-order chi connectivity index (χ1) is 5.46. The van der Waals surface area contributed by atoms with Crippen LogP contribution >= 0.6 is 0 Å². The van der Waals surface area contributed by atoms with Crippen LogP contribution in [0, 0.1) is 5.92 Å². The predicted octanol–water partition coefficient (Wildman–Crippen LogP) is -0.213. The summed E-state index contributed by atoms with van der Waals surface area (Å²) in [6, 6.07) is 0. The summed E-state index contributed by atoms with van der Waals surface area (Å²) < 4.78 is 21.2. The van der Waals surface area contributed by atoms with Crippen LogP contribution in [0.2, 0.25) is 0 Å². The van der Waals surface area contributed by atoms with Crippen molar-refractivity contribution in [1.29, 1.82) is 0 Å². The van der Waals surface area contributed by atoms with Crippen molar-refractivity contribution >= 4 is 15.8 Å². The van der Waals surface area contributed by atoms with E-state index in [0.29, 0.717) is 19.3 Å². The van der Waals surface area contributed by atoms with Gasteiger partial charge >= 0.3 is 0 Å². The Balaban J connectivity index is 2.50. The lowest BCUT2D eigenvalue weighted by atomic mass is 9.99. The Kier molecular flexibility index (Phi) is 1.42. The van der Waals surface area contributed by atoms with Gasteiger partial charge in [-0.15, -0.1) is 0 Å². The number of hydrogen-bond donors (Lipinski definition) is 1. The molecule has 0 aromatic rings. The van der Waals surface area contributed by atoms with Crippen LogP contribution in [0.3, 0.4) is 0 Å². The molecule has 0 aliphatic heterocycles. The zero-order chi connectivity index (χ0) is 8.98. The number of carbonyl (C=O) groups is 1. The van der Waals surface area contributed by atoms with Crippen molar-refractivity contribution in [3.8, 4) is 0 Å². The Morgan fingerprint density at radius 2 is 2.17 bits per heavy atom. The molecule has 2 aliphatic rings. The molecule has 0 radical (unpaired) electrons. The van der Waals surface area contributed by atoms with Gasteiger partial charge in [0, 0.05) is 6.42 Å². The van der Waals surface area contributed by atoms with Gasteiger partial charge in [0.05, 0.1) is 0 Å². The molecule has 0 unspecified atom stereocenters. The Morgan fingerprint density at radius 1 is 1.50 bits per heavy atom. The third kappa shape index (κ3) is 0.806. The smallest absolute Gasteiger partial charge is 0.222 e. The van der Waals surface area contributed by atoms with E-state index in [1.165, 1.54) is 0 Å². The number of rotatable bonds is 1. The summed E-state index contributed by atoms with van der Waals surface area (Å²) in [5.74, 6) is 0.108. The van der Waals surface area contributed by atoms with Crippen molar-refractivity contribution in [2.75, 3.05) is 0 Å². The minimum atomic E-state index is -3.67. The van der Waals surface area contributed by atoms with E-state index in [0.717, 1.165) is 6.42 Å². The van der Waals surface area contributed by atoms with Crippen LogP contribution in [0.25, 0.3) is 0 Å². The normalized spacial score (nSPS) is 40.8. The molecule has 0 aromatic carbocycles. The average Bonchev–Trinajstić information content (AvgIpc) is 2.41. The molecule has 0 aromatic heterocycles. The molecule has 68 valence electrons. The highest BCUT2D eigenvalue weighted by atomic mass is 32.2. The zero-order valence-corrected chi connectivity index (χ0v) is 7.43. The molecule has 2 atom stereocenters. The summed E-state index contributed by atoms with van der Waals surface area (Å²) in [4.78, 5) is 11.3. The van der Waals surface area contributed by atoms with Gasteiger partial charge in [0.1, 0.15) is 4.75 Å². The molecule has 2 N–H and O–H groups in total. The highest BCUT2D eigenvalue weighted by molar-refractivity contribution is 7.91. The second-order valence-corrected chi connectivity index (χ2v) is 5.65. The maximum Gasteiger partial charge on any atom is 0.222 e. The van der Waals surface area contributed by atoms with Gasteiger partial charge in [-0.2, -0.15) is 0 Å². The van der Waals surface area contributed by atoms with E-state index < -0.39 is 14.8 Å². The van der Waals surface area contributed by atoms with Crippen LogP contribution < -0.4 is 5.14 Å². The lowest BCUT2D eigenvalue weighted by Crippen LogP contribution is -2.45. The third-order valence-corrected chi connectivity index (χ3v) is 4.79. The summed E-state index contributed by atoms with van der Waals surface area (Å²) in [6.45, 7) is 0. The van der Waals surface area contributed by atoms with Gasteiger partial charge in [0.25, 0.3) is 0 Å². The number of nitrogens with two attached hydrogens (primary N) is 1. The molecule has 2 rings (SSSR count). The molecule has 5 heteroatoms. The minimum absolute atomic E-state index is 0.166. The summed E-state index contributed by atoms with van der Waals surface area (Å²) in [7, 11) is -3.67. The van der Waals surface area contributed by atoms with Gasteiger partial charge in [0.2, 0.25) is 10.0 Å². The van der Waals surface area contributed by atoms with E-state index in [9.17, 15) is 13.2 Å². The number of ketones is 1. The molecule has 0 saturated heterocycles. The second kappa shape index (κ2) is 2.09. The molecule has 2 saturated carbocycles. The molecular formula is C7H11NO3S. The van der Waals surface area contributed by atoms with E-state index in [4.69, 9.17) is 5.14 Å². The van der Waals surface area contributed by atoms with Gasteiger partial charge < -0.3 is 0 Å². The van der Waals surface area contributed by atoms with Gasteiger partial charge in [-0.3, -0.25) is 4.79 Å². The molecule has 2 aliphatic carbocycles. The third-order valence-electron chi connectivity index (χ3n) is 3.10. The lowest BCUT2D eigenvalue weighted by molar-refractivity contribution is -0.120. The second-order valence-electron chi connectivity index (χ2n) is 3.78. The van der Waals surface area contributed by atoms with Gasteiger partial charge in [0.15, 0.2) is 5.78 Å². The Labute approximate surface area is 71.2 Å². The first-order valence-electron chi connectivity index (χ1n) is 4.01. The molecule has 12 heavy (non-hydrogen) atoms. The number of sulfonamides is 1. The number of carbonyl (C=O) groups excluding carboxylic acids is 1. The monoisotopic (exact) mass is 189 g/mol. The fourth-order valence-electron chi connectivity index (χ4n) is 2.40. The first kappa shape index (κ1) is 8.19. The van der Waals surface area contributed by atoms with E-state index in [-0.39, 0.29) is 11.7 Å². The van der Waals surface area contributed by atoms with Crippen molar-refractivity contribution in [3.63, 3.8) is 0 Å². The van der Waals surface area contributed by atoms with Gasteiger partial charge in [-0.25, -0.2) is 13.6 Å². The molecule has 0 heterocycles. The van der Waals surface area contributed by atoms with Crippen molar-refractivity contribution in [2.24, 2.45) is 11.1 Å². The Morgan fingerprint density at radius 3 is 2.42 bits per heavy atom. The van der Waals surface area contributed by atoms with Gasteiger partial charge in [-0.05, 0) is 25.2 Å². The topological polar surface area (TPSA) is 77.2 Å². The maximum absolute atomic E-state index is 11.3. The van der Waals surface area contributed by atoms with Crippen molar-refractivity contribution in [2.45, 2.75) is 30.4 Å². The predicted molar refractivity (Wildman–Crippen MR) is 42.8 cm³/mol. The van der Waals surface area contributed by atoms with Crippen LogP contribution in [0.15, 0.2) is 0 Å². The fraction of sp³-hybridized carbons (Fsp3) is 0.857. The first-order valence-corrected chi connectivity index (χ1v) is 5.56. The highest BCUT2D eigenvalue weighted by Crippen LogP contribution is 2.48. The quantitative estimate of drug-likeness (QED) is 0.619. The SMILES string of the molecule is NS(=O)(=O)[C@]12CC[C@H](CC1=O)C2. The minimum Gasteiger partial charge on any atom is -0.298 e. The summed E-state index contributed by atoms with van der Waals surface area (Å²) in [5.41, 5.74) is 0. The summed E-state index contributed by atoms with van der Waals surface area (Å²) >= 11 is 0. The molecule has 2 bridgehead atoms. The van der Waals surface area contributed by atoms with E-state index in [1.807, 2.05) is 0 Å². The van der Waals surface area contributed by atoms with E-state index >= 15 is 0 Å². The molecule has 4 nitrogen and oxygen atoms in total. The summed E-state index contributed by atoms with van der Waals surface area (Å²) in [6.07, 6.45) is 2.15. The molecular weight excluding hydrogens is 178 g/mol. The average molecular weight is 189 g/mol. The standard InChI is InChI=1S/C7H11NO3S/c8-12(10,11)7-2-1-5(4-7)3-6(7)9/h5H,1-4H2,(H2,8,10,11)/t5-,7+/m1/s1. The fourth-order valence-corrected chi connectivity index (χ4v) is 3.67. The van der Waals surface area contributed by atoms with Crippen LogP contribution in [-0.4, -0.2) is 18.9 Å². The van der Waals surface area contributed by atoms with Gasteiger partial charge in [-0.1, -0.05) is 0 Å². The molecule has 0 amide bonds. The van der Waals surface area contributed by atoms with Crippen LogP contribution in [0.4, 0.5) is 0 Å². The van der Waals surface area contributed by atoms with E-state index in [2.05, 4.69) is 0 Å².